The Labute approximate surface area is 185 Å². The van der Waals surface area contributed by atoms with E-state index in [0.29, 0.717) is 10.0 Å². The van der Waals surface area contributed by atoms with Gasteiger partial charge in [-0.2, -0.15) is 0 Å². The quantitative estimate of drug-likeness (QED) is 0.645. The standard InChI is InChI=1S/C22H21Cl2N3OS/c1-12(2)18-20(21(28)25-3)29-22-26-17(13-4-8-15(23)9-5-13)19(27(18)22)14-6-10-16(24)11-7-14/h4-12,17,19H,1-3H3,(H,25,28)/t17-,19+/m0/s1. The Hall–Kier alpha value is -1.95. The lowest BCUT2D eigenvalue weighted by Crippen LogP contribution is -2.30. The first-order valence-corrected chi connectivity index (χ1v) is 11.0. The second kappa shape index (κ2) is 8.05. The molecule has 0 aromatic heterocycles. The molecule has 0 fully saturated rings. The van der Waals surface area contributed by atoms with E-state index < -0.39 is 0 Å². The number of benzene rings is 2. The fourth-order valence-electron chi connectivity index (χ4n) is 3.82. The Bertz CT molecular complexity index is 1000. The summed E-state index contributed by atoms with van der Waals surface area (Å²) < 4.78 is 0. The van der Waals surface area contributed by atoms with Crippen LogP contribution in [0.1, 0.15) is 37.1 Å². The van der Waals surface area contributed by atoms with Crippen LogP contribution in [0.25, 0.3) is 0 Å². The van der Waals surface area contributed by atoms with Crippen LogP contribution < -0.4 is 5.32 Å². The summed E-state index contributed by atoms with van der Waals surface area (Å²) in [4.78, 5) is 20.5. The molecule has 1 amide bonds. The van der Waals surface area contributed by atoms with Crippen LogP contribution in [0.3, 0.4) is 0 Å². The smallest absolute Gasteiger partial charge is 0.259 e. The Kier molecular flexibility index (Phi) is 5.65. The molecule has 0 saturated carbocycles. The molecular formula is C22H21Cl2N3OS. The van der Waals surface area contributed by atoms with Crippen molar-refractivity contribution in [2.24, 2.45) is 10.9 Å². The van der Waals surface area contributed by atoms with Gasteiger partial charge in [0.2, 0.25) is 0 Å². The van der Waals surface area contributed by atoms with Gasteiger partial charge >= 0.3 is 0 Å². The molecule has 2 heterocycles. The van der Waals surface area contributed by atoms with E-state index in [9.17, 15) is 4.79 Å². The van der Waals surface area contributed by atoms with Crippen LogP contribution in [-0.2, 0) is 4.79 Å². The van der Waals surface area contributed by atoms with E-state index in [1.54, 1.807) is 7.05 Å². The normalized spacial score (nSPS) is 20.9. The number of thioether (sulfide) groups is 1. The van der Waals surface area contributed by atoms with Gasteiger partial charge in [-0.1, -0.05) is 61.3 Å². The van der Waals surface area contributed by atoms with Gasteiger partial charge < -0.3 is 10.2 Å². The fourth-order valence-corrected chi connectivity index (χ4v) is 5.36. The first-order valence-electron chi connectivity index (χ1n) is 9.42. The second-order valence-corrected chi connectivity index (χ2v) is 9.18. The van der Waals surface area contributed by atoms with Gasteiger partial charge in [-0.3, -0.25) is 9.79 Å². The molecule has 2 aromatic rings. The summed E-state index contributed by atoms with van der Waals surface area (Å²) in [6.07, 6.45) is 0. The first-order chi connectivity index (χ1) is 13.9. The number of nitrogens with zero attached hydrogens (tertiary/aromatic N) is 2. The largest absolute Gasteiger partial charge is 0.355 e. The highest BCUT2D eigenvalue weighted by atomic mass is 35.5. The molecule has 0 unspecified atom stereocenters. The predicted molar refractivity (Wildman–Crippen MR) is 121 cm³/mol. The summed E-state index contributed by atoms with van der Waals surface area (Å²) in [5.41, 5.74) is 3.19. The number of allylic oxidation sites excluding steroid dienone is 1. The number of amidine groups is 1. The molecule has 0 saturated heterocycles. The molecule has 4 rings (SSSR count). The van der Waals surface area contributed by atoms with Gasteiger partial charge in [0, 0.05) is 22.8 Å². The third-order valence-electron chi connectivity index (χ3n) is 5.12. The van der Waals surface area contributed by atoms with Crippen LogP contribution in [0, 0.1) is 5.92 Å². The number of halogens is 2. The Morgan fingerprint density at radius 1 is 1.03 bits per heavy atom. The van der Waals surface area contributed by atoms with Gasteiger partial charge in [-0.25, -0.2) is 0 Å². The number of amides is 1. The molecule has 1 N–H and O–H groups in total. The minimum Gasteiger partial charge on any atom is -0.355 e. The monoisotopic (exact) mass is 445 g/mol. The van der Waals surface area contributed by atoms with E-state index in [2.05, 4.69) is 24.1 Å². The number of carbonyl (C=O) groups excluding carboxylic acids is 1. The van der Waals surface area contributed by atoms with Crippen molar-refractivity contribution in [1.82, 2.24) is 10.2 Å². The molecule has 0 radical (unpaired) electrons. The zero-order chi connectivity index (χ0) is 20.7. The molecular weight excluding hydrogens is 425 g/mol. The van der Waals surface area contributed by atoms with Crippen molar-refractivity contribution >= 4 is 46.0 Å². The third-order valence-corrected chi connectivity index (χ3v) is 6.71. The maximum absolute atomic E-state index is 12.5. The van der Waals surface area contributed by atoms with E-state index in [1.165, 1.54) is 11.8 Å². The highest BCUT2D eigenvalue weighted by Crippen LogP contribution is 2.53. The van der Waals surface area contributed by atoms with Gasteiger partial charge in [-0.15, -0.1) is 0 Å². The maximum Gasteiger partial charge on any atom is 0.259 e. The number of nitrogens with one attached hydrogen (secondary N) is 1. The second-order valence-electron chi connectivity index (χ2n) is 7.32. The minimum absolute atomic E-state index is 0.0597. The average molecular weight is 446 g/mol. The van der Waals surface area contributed by atoms with E-state index in [4.69, 9.17) is 28.2 Å². The molecule has 7 heteroatoms. The van der Waals surface area contributed by atoms with Crippen LogP contribution >= 0.6 is 35.0 Å². The molecule has 2 atom stereocenters. The van der Waals surface area contributed by atoms with E-state index in [1.807, 2.05) is 48.5 Å². The van der Waals surface area contributed by atoms with Crippen LogP contribution in [0.2, 0.25) is 10.0 Å². The number of aliphatic imine (C=N–C) groups is 1. The summed E-state index contributed by atoms with van der Waals surface area (Å²) in [5.74, 6) is 0.0926. The zero-order valence-corrected chi connectivity index (χ0v) is 18.6. The van der Waals surface area contributed by atoms with E-state index in [-0.39, 0.29) is 23.9 Å². The molecule has 0 spiro atoms. The summed E-state index contributed by atoms with van der Waals surface area (Å²) in [7, 11) is 1.66. The van der Waals surface area contributed by atoms with Gasteiger partial charge in [-0.05, 0) is 53.1 Å². The number of fused-ring (bicyclic) bond motifs is 1. The van der Waals surface area contributed by atoms with Crippen LogP contribution in [-0.4, -0.2) is 23.0 Å². The number of carbonyl (C=O) groups is 1. The average Bonchev–Trinajstić information content (AvgIpc) is 3.25. The minimum atomic E-state index is -0.101. The number of rotatable bonds is 4. The molecule has 2 aliphatic rings. The Balaban J connectivity index is 1.85. The lowest BCUT2D eigenvalue weighted by Gasteiger charge is -2.31. The molecule has 150 valence electrons. The van der Waals surface area contributed by atoms with E-state index in [0.717, 1.165) is 26.9 Å². The molecule has 0 bridgehead atoms. The predicted octanol–water partition coefficient (Wildman–Crippen LogP) is 5.81. The molecule has 0 aliphatic carbocycles. The molecule has 4 nitrogen and oxygen atoms in total. The summed E-state index contributed by atoms with van der Waals surface area (Å²) in [6, 6.07) is 15.5. The fraction of sp³-hybridized carbons (Fsp3) is 0.273. The van der Waals surface area contributed by atoms with Gasteiger partial charge in [0.05, 0.1) is 10.9 Å². The third kappa shape index (κ3) is 3.67. The lowest BCUT2D eigenvalue weighted by atomic mass is 9.92. The van der Waals surface area contributed by atoms with Crippen molar-refractivity contribution in [3.8, 4) is 0 Å². The highest BCUT2D eigenvalue weighted by Gasteiger charge is 2.46. The number of hydrogen-bond donors (Lipinski definition) is 1. The molecule has 2 aromatic carbocycles. The number of hydrogen-bond acceptors (Lipinski definition) is 4. The topological polar surface area (TPSA) is 44.7 Å². The summed E-state index contributed by atoms with van der Waals surface area (Å²) >= 11 is 13.7. The first kappa shape index (κ1) is 20.3. The van der Waals surface area contributed by atoms with E-state index >= 15 is 0 Å². The van der Waals surface area contributed by atoms with Gasteiger partial charge in [0.25, 0.3) is 5.91 Å². The summed E-state index contributed by atoms with van der Waals surface area (Å²) in [6.45, 7) is 4.21. The molecule has 2 aliphatic heterocycles. The Morgan fingerprint density at radius 2 is 1.59 bits per heavy atom. The van der Waals surface area contributed by atoms with Crippen molar-refractivity contribution in [1.29, 1.82) is 0 Å². The zero-order valence-electron chi connectivity index (χ0n) is 16.3. The van der Waals surface area contributed by atoms with Crippen LogP contribution in [0.4, 0.5) is 0 Å². The number of likely N-dealkylation sites (N-methyl/N-ethyl adjacent to an activating group) is 1. The van der Waals surface area contributed by atoms with Crippen molar-refractivity contribution < 1.29 is 4.79 Å². The lowest BCUT2D eigenvalue weighted by molar-refractivity contribution is -0.116. The van der Waals surface area contributed by atoms with Gasteiger partial charge in [0.15, 0.2) is 5.17 Å². The molecule has 29 heavy (non-hydrogen) atoms. The summed E-state index contributed by atoms with van der Waals surface area (Å²) in [5, 5.41) is 5.00. The van der Waals surface area contributed by atoms with Crippen molar-refractivity contribution in [2.45, 2.75) is 25.9 Å². The van der Waals surface area contributed by atoms with Crippen LogP contribution in [0.15, 0.2) is 64.1 Å². The van der Waals surface area contributed by atoms with Crippen molar-refractivity contribution in [2.75, 3.05) is 7.05 Å². The van der Waals surface area contributed by atoms with Crippen molar-refractivity contribution in [3.63, 3.8) is 0 Å². The SMILES string of the molecule is CNC(=O)C1=C(C(C)C)N2C(=N[C@@H](c3ccc(Cl)cc3)[C@H]2c2ccc(Cl)cc2)S1. The van der Waals surface area contributed by atoms with Gasteiger partial charge in [0.1, 0.15) is 6.04 Å². The maximum atomic E-state index is 12.5. The Morgan fingerprint density at radius 3 is 2.10 bits per heavy atom. The van der Waals surface area contributed by atoms with Crippen LogP contribution in [0.5, 0.6) is 0 Å². The van der Waals surface area contributed by atoms with Crippen molar-refractivity contribution in [3.05, 3.63) is 80.3 Å². The highest BCUT2D eigenvalue weighted by molar-refractivity contribution is 8.18.